The summed E-state index contributed by atoms with van der Waals surface area (Å²) in [6, 6.07) is 0. The van der Waals surface area contributed by atoms with E-state index in [1.807, 2.05) is 13.8 Å². The Morgan fingerprint density at radius 3 is 2.71 bits per heavy atom. The lowest BCUT2D eigenvalue weighted by molar-refractivity contribution is 0.592. The second kappa shape index (κ2) is 6.25. The largest absolute Gasteiger partial charge is 0.310 e. The minimum absolute atomic E-state index is 0.116. The highest BCUT2D eigenvalue weighted by Crippen LogP contribution is 2.25. The van der Waals surface area contributed by atoms with E-state index in [-0.39, 0.29) is 11.3 Å². The molecular formula is C13H19N3O3S2. The van der Waals surface area contributed by atoms with Gasteiger partial charge in [-0.1, -0.05) is 0 Å². The van der Waals surface area contributed by atoms with Gasteiger partial charge in [-0.25, -0.2) is 13.4 Å². The monoisotopic (exact) mass is 329 g/mol. The first kappa shape index (κ1) is 16.1. The topological polar surface area (TPSA) is 91.9 Å². The molecule has 2 rings (SSSR count). The lowest BCUT2D eigenvalue weighted by atomic mass is 10.2. The molecule has 0 aliphatic heterocycles. The highest BCUT2D eigenvalue weighted by atomic mass is 32.2. The molecule has 0 spiro atoms. The highest BCUT2D eigenvalue weighted by molar-refractivity contribution is 7.90. The van der Waals surface area contributed by atoms with Gasteiger partial charge in [0, 0.05) is 11.1 Å². The smallest absolute Gasteiger partial charge is 0.259 e. The van der Waals surface area contributed by atoms with E-state index in [4.69, 9.17) is 0 Å². The lowest BCUT2D eigenvalue weighted by Gasteiger charge is -2.04. The van der Waals surface area contributed by atoms with Gasteiger partial charge in [0.2, 0.25) is 0 Å². The van der Waals surface area contributed by atoms with Crippen LogP contribution in [0.1, 0.15) is 22.7 Å². The summed E-state index contributed by atoms with van der Waals surface area (Å²) in [5.74, 6) is 0.736. The number of hydrogen-bond donors (Lipinski definition) is 2. The van der Waals surface area contributed by atoms with E-state index in [9.17, 15) is 13.2 Å². The number of H-pyrrole nitrogens is 1. The molecule has 0 fully saturated rings. The molecule has 0 atom stereocenters. The molecule has 0 saturated carbocycles. The number of nitrogens with zero attached hydrogens (tertiary/aromatic N) is 1. The van der Waals surface area contributed by atoms with Gasteiger partial charge in [0.15, 0.2) is 0 Å². The summed E-state index contributed by atoms with van der Waals surface area (Å²) in [4.78, 5) is 21.1. The molecular weight excluding hydrogens is 310 g/mol. The molecule has 0 aliphatic carbocycles. The second-order valence-corrected chi connectivity index (χ2v) is 8.60. The van der Waals surface area contributed by atoms with Crippen molar-refractivity contribution in [3.63, 3.8) is 0 Å². The van der Waals surface area contributed by atoms with E-state index in [2.05, 4.69) is 15.3 Å². The summed E-state index contributed by atoms with van der Waals surface area (Å²) < 4.78 is 22.0. The van der Waals surface area contributed by atoms with Crippen molar-refractivity contribution < 1.29 is 8.42 Å². The number of hydrogen-bond acceptors (Lipinski definition) is 6. The third kappa shape index (κ3) is 4.12. The lowest BCUT2D eigenvalue weighted by Crippen LogP contribution is -2.21. The van der Waals surface area contributed by atoms with Crippen LogP contribution in [0.25, 0.3) is 10.2 Å². The van der Waals surface area contributed by atoms with Crippen molar-refractivity contribution in [3.05, 3.63) is 26.6 Å². The molecule has 0 aromatic carbocycles. The van der Waals surface area contributed by atoms with Gasteiger partial charge < -0.3 is 10.3 Å². The van der Waals surface area contributed by atoms with Crippen molar-refractivity contribution in [1.82, 2.24) is 15.3 Å². The predicted octanol–water partition coefficient (Wildman–Crippen LogP) is 1.13. The van der Waals surface area contributed by atoms with E-state index >= 15 is 0 Å². The van der Waals surface area contributed by atoms with Crippen LogP contribution >= 0.6 is 11.3 Å². The normalized spacial score (nSPS) is 12.1. The molecule has 2 aromatic heterocycles. The summed E-state index contributed by atoms with van der Waals surface area (Å²) in [7, 11) is -2.92. The first-order chi connectivity index (χ1) is 9.78. The van der Waals surface area contributed by atoms with Crippen LogP contribution < -0.4 is 10.9 Å². The van der Waals surface area contributed by atoms with Gasteiger partial charge in [0.05, 0.1) is 17.7 Å². The van der Waals surface area contributed by atoms with Crippen molar-refractivity contribution in [1.29, 1.82) is 0 Å². The zero-order chi connectivity index (χ0) is 15.6. The van der Waals surface area contributed by atoms with Crippen molar-refractivity contribution in [2.45, 2.75) is 26.8 Å². The minimum atomic E-state index is -2.92. The number of aromatic amines is 1. The maximum Gasteiger partial charge on any atom is 0.259 e. The first-order valence-corrected chi connectivity index (χ1v) is 9.53. The molecule has 0 unspecified atom stereocenters. The zero-order valence-corrected chi connectivity index (χ0v) is 13.9. The van der Waals surface area contributed by atoms with Crippen LogP contribution in [-0.2, 0) is 16.4 Å². The maximum absolute atomic E-state index is 12.1. The molecule has 8 heteroatoms. The fraction of sp³-hybridized carbons (Fsp3) is 0.538. The fourth-order valence-corrected chi connectivity index (χ4v) is 3.77. The van der Waals surface area contributed by atoms with Crippen LogP contribution in [0.5, 0.6) is 0 Å². The molecule has 6 nitrogen and oxygen atoms in total. The van der Waals surface area contributed by atoms with Gasteiger partial charge in [-0.15, -0.1) is 11.3 Å². The van der Waals surface area contributed by atoms with Gasteiger partial charge in [-0.2, -0.15) is 0 Å². The van der Waals surface area contributed by atoms with Crippen LogP contribution in [0.15, 0.2) is 4.79 Å². The highest BCUT2D eigenvalue weighted by Gasteiger charge is 2.11. The van der Waals surface area contributed by atoms with Crippen LogP contribution in [0.3, 0.4) is 0 Å². The molecule has 2 aromatic rings. The van der Waals surface area contributed by atoms with E-state index in [0.29, 0.717) is 30.7 Å². The molecule has 116 valence electrons. The van der Waals surface area contributed by atoms with Gasteiger partial charge in [-0.05, 0) is 32.4 Å². The number of aromatic nitrogens is 2. The van der Waals surface area contributed by atoms with Gasteiger partial charge >= 0.3 is 0 Å². The number of thiophene rings is 1. The minimum Gasteiger partial charge on any atom is -0.310 e. The van der Waals surface area contributed by atoms with Gasteiger partial charge in [0.25, 0.3) is 5.56 Å². The molecule has 0 saturated heterocycles. The first-order valence-electron chi connectivity index (χ1n) is 6.65. The Hall–Kier alpha value is -1.25. The Kier molecular flexibility index (Phi) is 4.80. The van der Waals surface area contributed by atoms with Crippen LogP contribution in [-0.4, -0.2) is 36.9 Å². The molecule has 2 N–H and O–H groups in total. The SMILES string of the molecule is Cc1sc2nc(CNCCCS(C)(=O)=O)[nH]c(=O)c2c1C. The van der Waals surface area contributed by atoms with Gasteiger partial charge in [-0.3, -0.25) is 4.79 Å². The Balaban J connectivity index is 2.02. The van der Waals surface area contributed by atoms with Crippen molar-refractivity contribution >= 4 is 31.4 Å². The quantitative estimate of drug-likeness (QED) is 0.775. The number of fused-ring (bicyclic) bond motifs is 1. The number of nitrogens with one attached hydrogen (secondary N) is 2. The molecule has 0 radical (unpaired) electrons. The molecule has 2 heterocycles. The summed E-state index contributed by atoms with van der Waals surface area (Å²) in [5.41, 5.74) is 0.867. The molecule has 0 aliphatic rings. The Morgan fingerprint density at radius 1 is 1.33 bits per heavy atom. The summed E-state index contributed by atoms with van der Waals surface area (Å²) >= 11 is 1.52. The van der Waals surface area contributed by atoms with Gasteiger partial charge in [0.1, 0.15) is 20.5 Å². The average molecular weight is 329 g/mol. The molecule has 21 heavy (non-hydrogen) atoms. The Morgan fingerprint density at radius 2 is 2.05 bits per heavy atom. The van der Waals surface area contributed by atoms with E-state index < -0.39 is 9.84 Å². The van der Waals surface area contributed by atoms with E-state index in [1.165, 1.54) is 17.6 Å². The Bertz CT molecular complexity index is 806. The number of rotatable bonds is 6. The zero-order valence-electron chi connectivity index (χ0n) is 12.3. The van der Waals surface area contributed by atoms with Crippen LogP contribution in [0.4, 0.5) is 0 Å². The molecule has 0 amide bonds. The standard InChI is InChI=1S/C13H19N3O3S2/c1-8-9(2)20-13-11(8)12(17)15-10(16-13)7-14-5-4-6-21(3,18)19/h14H,4-7H2,1-3H3,(H,15,16,17). The summed E-state index contributed by atoms with van der Waals surface area (Å²) in [5, 5.41) is 3.76. The average Bonchev–Trinajstić information content (AvgIpc) is 2.63. The molecule has 0 bridgehead atoms. The van der Waals surface area contributed by atoms with Crippen molar-refractivity contribution in [2.24, 2.45) is 0 Å². The van der Waals surface area contributed by atoms with Crippen LogP contribution in [0.2, 0.25) is 0 Å². The third-order valence-corrected chi connectivity index (χ3v) is 5.38. The van der Waals surface area contributed by atoms with Crippen molar-refractivity contribution in [2.75, 3.05) is 18.6 Å². The predicted molar refractivity (Wildman–Crippen MR) is 85.7 cm³/mol. The summed E-state index contributed by atoms with van der Waals surface area (Å²) in [6.45, 7) is 4.89. The van der Waals surface area contributed by atoms with E-state index in [1.54, 1.807) is 0 Å². The van der Waals surface area contributed by atoms with E-state index in [0.717, 1.165) is 15.3 Å². The fourth-order valence-electron chi connectivity index (χ4n) is 2.05. The maximum atomic E-state index is 12.1. The number of sulfone groups is 1. The van der Waals surface area contributed by atoms with Crippen molar-refractivity contribution in [3.8, 4) is 0 Å². The third-order valence-electron chi connectivity index (χ3n) is 3.25. The summed E-state index contributed by atoms with van der Waals surface area (Å²) in [6.07, 6.45) is 1.77. The Labute approximate surface area is 127 Å². The van der Waals surface area contributed by atoms with Crippen LogP contribution in [0, 0.1) is 13.8 Å². The second-order valence-electron chi connectivity index (χ2n) is 5.14. The number of aryl methyl sites for hydroxylation is 2.